The molecule has 0 bridgehead atoms. The number of benzene rings is 2. The van der Waals surface area contributed by atoms with Gasteiger partial charge in [0, 0.05) is 27.0 Å². The maximum atomic E-state index is 13.0. The molecule has 0 radical (unpaired) electrons. The van der Waals surface area contributed by atoms with E-state index in [1.54, 1.807) is 41.3 Å². The molecule has 2 heterocycles. The molecule has 2 aromatic carbocycles. The van der Waals surface area contributed by atoms with Gasteiger partial charge in [-0.2, -0.15) is 0 Å². The number of carbonyl (C=O) groups is 2. The van der Waals surface area contributed by atoms with Gasteiger partial charge in [0.05, 0.1) is 11.6 Å². The number of amides is 1. The summed E-state index contributed by atoms with van der Waals surface area (Å²) in [5.74, 6) is -1.52. The third-order valence-electron chi connectivity index (χ3n) is 5.34. The van der Waals surface area contributed by atoms with Gasteiger partial charge in [-0.05, 0) is 60.2 Å². The van der Waals surface area contributed by atoms with Crippen LogP contribution < -0.4 is 0 Å². The van der Waals surface area contributed by atoms with Crippen molar-refractivity contribution in [3.8, 4) is 0 Å². The predicted octanol–water partition coefficient (Wildman–Crippen LogP) is 6.03. The molecule has 1 amide bonds. The van der Waals surface area contributed by atoms with Crippen LogP contribution in [0.3, 0.4) is 0 Å². The summed E-state index contributed by atoms with van der Waals surface area (Å²) in [6.45, 7) is 2.27. The van der Waals surface area contributed by atoms with Crippen molar-refractivity contribution in [3.05, 3.63) is 97.2 Å². The van der Waals surface area contributed by atoms with E-state index in [4.69, 9.17) is 23.2 Å². The minimum absolute atomic E-state index is 0.0916. The first-order valence-electron chi connectivity index (χ1n) is 9.69. The molecule has 158 valence electrons. The Hall–Kier alpha value is -2.60. The van der Waals surface area contributed by atoms with Crippen LogP contribution in [0.1, 0.15) is 27.6 Å². The molecular formula is C24H19Cl2NO3S. The van der Waals surface area contributed by atoms with E-state index < -0.39 is 17.7 Å². The van der Waals surface area contributed by atoms with Gasteiger partial charge in [0.25, 0.3) is 11.7 Å². The van der Waals surface area contributed by atoms with Crippen molar-refractivity contribution in [1.82, 2.24) is 4.90 Å². The summed E-state index contributed by atoms with van der Waals surface area (Å²) in [5.41, 5.74) is 2.46. The van der Waals surface area contributed by atoms with Crippen LogP contribution in [0.2, 0.25) is 10.0 Å². The first kappa shape index (κ1) is 21.6. The maximum Gasteiger partial charge on any atom is 0.295 e. The standard InChI is InChI=1S/C24H19Cl2NO3S/c1-14-10-12-31-23(14)20-19(21(28)16-3-2-4-18(26)13-16)22(29)24(30)27(20)11-9-15-5-7-17(25)8-6-15/h2-8,10,12-13,20,28H,9,11H2,1H3/b21-19-. The van der Waals surface area contributed by atoms with E-state index in [9.17, 15) is 14.7 Å². The fourth-order valence-electron chi connectivity index (χ4n) is 3.74. The van der Waals surface area contributed by atoms with Crippen molar-refractivity contribution in [3.63, 3.8) is 0 Å². The van der Waals surface area contributed by atoms with Crippen molar-refractivity contribution >= 4 is 52.0 Å². The molecule has 0 saturated carbocycles. The molecule has 1 unspecified atom stereocenters. The average Bonchev–Trinajstić information content (AvgIpc) is 3.28. The highest BCUT2D eigenvalue weighted by atomic mass is 35.5. The topological polar surface area (TPSA) is 57.6 Å². The monoisotopic (exact) mass is 471 g/mol. The number of ketones is 1. The Morgan fingerprint density at radius 3 is 2.45 bits per heavy atom. The van der Waals surface area contributed by atoms with Crippen LogP contribution in [-0.4, -0.2) is 28.2 Å². The minimum atomic E-state index is -0.689. The molecule has 3 aromatic rings. The first-order valence-corrected chi connectivity index (χ1v) is 11.3. The summed E-state index contributed by atoms with van der Waals surface area (Å²) in [4.78, 5) is 28.4. The van der Waals surface area contributed by atoms with Crippen LogP contribution in [0.15, 0.2) is 65.6 Å². The highest BCUT2D eigenvalue weighted by molar-refractivity contribution is 7.10. The molecule has 31 heavy (non-hydrogen) atoms. The Balaban J connectivity index is 1.77. The van der Waals surface area contributed by atoms with Gasteiger partial charge >= 0.3 is 0 Å². The van der Waals surface area contributed by atoms with Crippen molar-refractivity contribution in [1.29, 1.82) is 0 Å². The lowest BCUT2D eigenvalue weighted by Crippen LogP contribution is -2.31. The van der Waals surface area contributed by atoms with Gasteiger partial charge < -0.3 is 10.0 Å². The number of aliphatic hydroxyl groups excluding tert-OH is 1. The van der Waals surface area contributed by atoms with Crippen molar-refractivity contribution in [2.24, 2.45) is 0 Å². The van der Waals surface area contributed by atoms with Gasteiger partial charge in [-0.3, -0.25) is 9.59 Å². The molecule has 1 atom stereocenters. The molecule has 4 rings (SSSR count). The number of aryl methyl sites for hydroxylation is 1. The molecule has 0 spiro atoms. The summed E-state index contributed by atoms with van der Waals surface area (Å²) in [6, 6.07) is 15.3. The van der Waals surface area contributed by atoms with E-state index in [-0.39, 0.29) is 11.3 Å². The third kappa shape index (κ3) is 4.26. The van der Waals surface area contributed by atoms with Gasteiger partial charge in [-0.15, -0.1) is 11.3 Å². The fourth-order valence-corrected chi connectivity index (χ4v) is 5.10. The summed E-state index contributed by atoms with van der Waals surface area (Å²) >= 11 is 13.5. The van der Waals surface area contributed by atoms with Crippen molar-refractivity contribution in [2.75, 3.05) is 6.54 Å². The van der Waals surface area contributed by atoms with E-state index in [1.807, 2.05) is 30.5 Å². The lowest BCUT2D eigenvalue weighted by Gasteiger charge is -2.25. The molecule has 1 N–H and O–H groups in total. The number of nitrogens with zero attached hydrogens (tertiary/aromatic N) is 1. The fraction of sp³-hybridized carbons (Fsp3) is 0.167. The SMILES string of the molecule is Cc1ccsc1C1/C(=C(/O)c2cccc(Cl)c2)C(=O)C(=O)N1CCc1ccc(Cl)cc1. The van der Waals surface area contributed by atoms with E-state index in [0.717, 1.165) is 16.0 Å². The quantitative estimate of drug-likeness (QED) is 0.280. The Kier molecular flexibility index (Phi) is 6.19. The Labute approximate surface area is 194 Å². The van der Waals surface area contributed by atoms with Gasteiger partial charge in [0.2, 0.25) is 0 Å². The van der Waals surface area contributed by atoms with E-state index in [2.05, 4.69) is 0 Å². The number of aliphatic hydroxyl groups is 1. The minimum Gasteiger partial charge on any atom is -0.507 e. The Morgan fingerprint density at radius 1 is 1.06 bits per heavy atom. The van der Waals surface area contributed by atoms with E-state index >= 15 is 0 Å². The number of hydrogen-bond acceptors (Lipinski definition) is 4. The Bertz CT molecular complexity index is 1180. The molecule has 1 aliphatic rings. The second-order valence-electron chi connectivity index (χ2n) is 7.35. The number of hydrogen-bond donors (Lipinski definition) is 1. The summed E-state index contributed by atoms with van der Waals surface area (Å²) in [7, 11) is 0. The molecule has 7 heteroatoms. The zero-order chi connectivity index (χ0) is 22.1. The van der Waals surface area contributed by atoms with E-state index in [0.29, 0.717) is 28.6 Å². The zero-order valence-corrected chi connectivity index (χ0v) is 19.0. The number of likely N-dealkylation sites (tertiary alicyclic amines) is 1. The molecule has 0 aliphatic carbocycles. The average molecular weight is 472 g/mol. The van der Waals surface area contributed by atoms with Crippen LogP contribution in [-0.2, 0) is 16.0 Å². The third-order valence-corrected chi connectivity index (χ3v) is 6.90. The molecule has 4 nitrogen and oxygen atoms in total. The van der Waals surface area contributed by atoms with Crippen molar-refractivity contribution in [2.45, 2.75) is 19.4 Å². The number of carbonyl (C=O) groups excluding carboxylic acids is 2. The predicted molar refractivity (Wildman–Crippen MR) is 125 cm³/mol. The number of thiophene rings is 1. The van der Waals surface area contributed by atoms with Crippen molar-refractivity contribution < 1.29 is 14.7 Å². The van der Waals surface area contributed by atoms with Crippen LogP contribution in [0, 0.1) is 6.92 Å². The normalized spacial score (nSPS) is 18.0. The van der Waals surface area contributed by atoms with Crippen LogP contribution in [0.25, 0.3) is 5.76 Å². The number of halogens is 2. The van der Waals surface area contributed by atoms with Crippen LogP contribution in [0.4, 0.5) is 0 Å². The highest BCUT2D eigenvalue weighted by Gasteiger charge is 2.46. The van der Waals surface area contributed by atoms with E-state index in [1.165, 1.54) is 11.3 Å². The Morgan fingerprint density at radius 2 is 1.81 bits per heavy atom. The van der Waals surface area contributed by atoms with Gasteiger partial charge in [0.1, 0.15) is 5.76 Å². The van der Waals surface area contributed by atoms with Gasteiger partial charge in [-0.1, -0.05) is 47.5 Å². The largest absolute Gasteiger partial charge is 0.507 e. The summed E-state index contributed by atoms with van der Waals surface area (Å²) in [5, 5.41) is 14.0. The lowest BCUT2D eigenvalue weighted by molar-refractivity contribution is -0.139. The summed E-state index contributed by atoms with van der Waals surface area (Å²) < 4.78 is 0. The molecular weight excluding hydrogens is 453 g/mol. The lowest BCUT2D eigenvalue weighted by atomic mass is 9.98. The van der Waals surface area contributed by atoms with Gasteiger partial charge in [0.15, 0.2) is 0 Å². The summed E-state index contributed by atoms with van der Waals surface area (Å²) in [6.07, 6.45) is 0.558. The van der Waals surface area contributed by atoms with Crippen LogP contribution >= 0.6 is 34.5 Å². The zero-order valence-electron chi connectivity index (χ0n) is 16.6. The molecule has 1 fully saturated rings. The second kappa shape index (κ2) is 8.87. The molecule has 1 saturated heterocycles. The molecule has 1 aliphatic heterocycles. The maximum absolute atomic E-state index is 13.0. The first-order chi connectivity index (χ1) is 14.9. The molecule has 1 aromatic heterocycles. The van der Waals surface area contributed by atoms with Gasteiger partial charge in [-0.25, -0.2) is 0 Å². The smallest absolute Gasteiger partial charge is 0.295 e. The highest BCUT2D eigenvalue weighted by Crippen LogP contribution is 2.42. The second-order valence-corrected chi connectivity index (χ2v) is 9.17. The van der Waals surface area contributed by atoms with Crippen LogP contribution in [0.5, 0.6) is 0 Å². The number of rotatable bonds is 5. The number of Topliss-reactive ketones (excluding diaryl/α,β-unsaturated/α-hetero) is 1.